The summed E-state index contributed by atoms with van der Waals surface area (Å²) >= 11 is 0. The maximum Gasteiger partial charge on any atom is 0.164 e. The molecule has 0 aromatic heterocycles. The van der Waals surface area contributed by atoms with E-state index in [0.717, 1.165) is 56.0 Å². The van der Waals surface area contributed by atoms with E-state index in [0.29, 0.717) is 13.0 Å². The first-order chi connectivity index (χ1) is 11.4. The van der Waals surface area contributed by atoms with Gasteiger partial charge in [0.2, 0.25) is 0 Å². The van der Waals surface area contributed by atoms with E-state index < -0.39 is 0 Å². The second kappa shape index (κ2) is 8.63. The molecule has 1 aliphatic rings. The predicted octanol–water partition coefficient (Wildman–Crippen LogP) is 3.25. The number of Topliss-reactive ketones (excluding diaryl/α,β-unsaturated/α-hetero) is 1. The Morgan fingerprint density at radius 2 is 1.96 bits per heavy atom. The molecule has 1 heterocycles. The molecule has 1 fully saturated rings. The van der Waals surface area contributed by atoms with Crippen LogP contribution in [0.25, 0.3) is 0 Å². The number of carbonyl (C=O) groups is 1. The molecular formula is C20H32N2O2. The van der Waals surface area contributed by atoms with Gasteiger partial charge in [-0.3, -0.25) is 4.79 Å². The van der Waals surface area contributed by atoms with E-state index in [1.807, 2.05) is 18.2 Å². The highest BCUT2D eigenvalue weighted by molar-refractivity contribution is 5.96. The van der Waals surface area contributed by atoms with Gasteiger partial charge in [-0.1, -0.05) is 27.7 Å². The number of carbonyl (C=O) groups excluding carboxylic acids is 1. The van der Waals surface area contributed by atoms with Gasteiger partial charge in [0, 0.05) is 50.3 Å². The van der Waals surface area contributed by atoms with Crippen LogP contribution in [0, 0.1) is 0 Å². The summed E-state index contributed by atoms with van der Waals surface area (Å²) in [5.41, 5.74) is 1.88. The highest BCUT2D eigenvalue weighted by Gasteiger charge is 2.21. The highest BCUT2D eigenvalue weighted by atomic mass is 16.5. The Kier molecular flexibility index (Phi) is 6.81. The normalized spacial score (nSPS) is 16.2. The lowest BCUT2D eigenvalue weighted by Crippen LogP contribution is -2.44. The quantitative estimate of drug-likeness (QED) is 0.778. The van der Waals surface area contributed by atoms with Gasteiger partial charge in [-0.15, -0.1) is 0 Å². The van der Waals surface area contributed by atoms with E-state index in [9.17, 15) is 4.79 Å². The summed E-state index contributed by atoms with van der Waals surface area (Å²) in [5, 5.41) is 3.34. The van der Waals surface area contributed by atoms with Gasteiger partial charge in [-0.2, -0.15) is 0 Å². The van der Waals surface area contributed by atoms with Crippen LogP contribution in [0.15, 0.2) is 18.2 Å². The lowest BCUT2D eigenvalue weighted by atomic mass is 9.84. The lowest BCUT2D eigenvalue weighted by molar-refractivity contribution is 0.0960. The Morgan fingerprint density at radius 3 is 2.58 bits per heavy atom. The minimum absolute atomic E-state index is 0.0437. The second-order valence-corrected chi connectivity index (χ2v) is 7.57. The third-order valence-electron chi connectivity index (χ3n) is 4.44. The van der Waals surface area contributed by atoms with E-state index in [1.54, 1.807) is 0 Å². The standard InChI is InChI=1S/C20H32N2O2/c1-5-14-24-19-7-6-16(15-17(19)20(2,3)4)18(23)8-11-22-12-9-21-10-13-22/h6-7,15,21H,5,8-14H2,1-4H3. The average molecular weight is 332 g/mol. The molecule has 134 valence electrons. The maximum absolute atomic E-state index is 12.6. The van der Waals surface area contributed by atoms with Crippen LogP contribution in [-0.2, 0) is 5.41 Å². The lowest BCUT2D eigenvalue weighted by Gasteiger charge is -2.27. The van der Waals surface area contributed by atoms with Crippen molar-refractivity contribution in [2.24, 2.45) is 0 Å². The third kappa shape index (κ3) is 5.32. The van der Waals surface area contributed by atoms with E-state index in [1.165, 1.54) is 0 Å². The number of nitrogens with one attached hydrogen (secondary N) is 1. The van der Waals surface area contributed by atoms with Gasteiger partial charge in [0.05, 0.1) is 6.61 Å². The van der Waals surface area contributed by atoms with E-state index in [2.05, 4.69) is 37.9 Å². The van der Waals surface area contributed by atoms with Gasteiger partial charge in [-0.25, -0.2) is 0 Å². The Bertz CT molecular complexity index is 543. The Morgan fingerprint density at radius 1 is 1.25 bits per heavy atom. The number of hydrogen-bond acceptors (Lipinski definition) is 4. The largest absolute Gasteiger partial charge is 0.493 e. The molecule has 2 rings (SSSR count). The number of ketones is 1. The summed E-state index contributed by atoms with van der Waals surface area (Å²) in [6.45, 7) is 14.2. The van der Waals surface area contributed by atoms with Gasteiger partial charge in [0.25, 0.3) is 0 Å². The van der Waals surface area contributed by atoms with Crippen LogP contribution >= 0.6 is 0 Å². The van der Waals surface area contributed by atoms with Crippen molar-refractivity contribution in [2.75, 3.05) is 39.3 Å². The molecule has 4 heteroatoms. The third-order valence-corrected chi connectivity index (χ3v) is 4.44. The molecule has 24 heavy (non-hydrogen) atoms. The topological polar surface area (TPSA) is 41.6 Å². The van der Waals surface area contributed by atoms with Crippen LogP contribution < -0.4 is 10.1 Å². The molecule has 0 spiro atoms. The molecule has 0 bridgehead atoms. The molecule has 0 amide bonds. The fourth-order valence-electron chi connectivity index (χ4n) is 2.97. The van der Waals surface area contributed by atoms with Crippen molar-refractivity contribution in [3.05, 3.63) is 29.3 Å². The van der Waals surface area contributed by atoms with Crippen LogP contribution in [0.2, 0.25) is 0 Å². The molecule has 1 aliphatic heterocycles. The molecule has 0 atom stereocenters. The second-order valence-electron chi connectivity index (χ2n) is 7.57. The van der Waals surface area contributed by atoms with Crippen molar-refractivity contribution >= 4 is 5.78 Å². The molecule has 1 aromatic rings. The number of ether oxygens (including phenoxy) is 1. The summed E-state index contributed by atoms with van der Waals surface area (Å²) in [4.78, 5) is 15.0. The molecule has 0 unspecified atom stereocenters. The molecule has 0 radical (unpaired) electrons. The first kappa shape index (κ1) is 18.9. The van der Waals surface area contributed by atoms with Gasteiger partial charge in [0.15, 0.2) is 5.78 Å². The average Bonchev–Trinajstić information content (AvgIpc) is 2.57. The number of hydrogen-bond donors (Lipinski definition) is 1. The Balaban J connectivity index is 2.07. The molecular weight excluding hydrogens is 300 g/mol. The van der Waals surface area contributed by atoms with Crippen LogP contribution in [0.3, 0.4) is 0 Å². The minimum Gasteiger partial charge on any atom is -0.493 e. The zero-order chi connectivity index (χ0) is 17.6. The number of rotatable bonds is 7. The van der Waals surface area contributed by atoms with Gasteiger partial charge >= 0.3 is 0 Å². The highest BCUT2D eigenvalue weighted by Crippen LogP contribution is 2.32. The first-order valence-electron chi connectivity index (χ1n) is 9.15. The van der Waals surface area contributed by atoms with Crippen LogP contribution in [0.1, 0.15) is 56.5 Å². The maximum atomic E-state index is 12.6. The molecule has 4 nitrogen and oxygen atoms in total. The van der Waals surface area contributed by atoms with E-state index in [4.69, 9.17) is 4.74 Å². The van der Waals surface area contributed by atoms with E-state index >= 15 is 0 Å². The summed E-state index contributed by atoms with van der Waals surface area (Å²) < 4.78 is 5.88. The van der Waals surface area contributed by atoms with Gasteiger partial charge in [0.1, 0.15) is 5.75 Å². The van der Waals surface area contributed by atoms with Crippen molar-refractivity contribution in [1.82, 2.24) is 10.2 Å². The van der Waals surface area contributed by atoms with Crippen LogP contribution in [-0.4, -0.2) is 50.0 Å². The SMILES string of the molecule is CCCOc1ccc(C(=O)CCN2CCNCC2)cc1C(C)(C)C. The smallest absolute Gasteiger partial charge is 0.164 e. The Hall–Kier alpha value is -1.39. The van der Waals surface area contributed by atoms with Crippen molar-refractivity contribution in [3.63, 3.8) is 0 Å². The summed E-state index contributed by atoms with van der Waals surface area (Å²) in [5.74, 6) is 1.13. The minimum atomic E-state index is -0.0437. The summed E-state index contributed by atoms with van der Waals surface area (Å²) in [6, 6.07) is 5.92. The summed E-state index contributed by atoms with van der Waals surface area (Å²) in [7, 11) is 0. The van der Waals surface area contributed by atoms with Crippen molar-refractivity contribution < 1.29 is 9.53 Å². The van der Waals surface area contributed by atoms with Crippen LogP contribution in [0.4, 0.5) is 0 Å². The predicted molar refractivity (Wildman–Crippen MR) is 99.2 cm³/mol. The van der Waals surface area contributed by atoms with Crippen molar-refractivity contribution in [3.8, 4) is 5.75 Å². The zero-order valence-electron chi connectivity index (χ0n) is 15.7. The fourth-order valence-corrected chi connectivity index (χ4v) is 2.97. The number of piperazine rings is 1. The Labute approximate surface area is 146 Å². The molecule has 0 saturated carbocycles. The molecule has 1 N–H and O–H groups in total. The van der Waals surface area contributed by atoms with Crippen molar-refractivity contribution in [2.45, 2.75) is 46.0 Å². The summed E-state index contributed by atoms with van der Waals surface area (Å²) in [6.07, 6.45) is 1.56. The monoisotopic (exact) mass is 332 g/mol. The molecule has 0 aliphatic carbocycles. The van der Waals surface area contributed by atoms with Crippen LogP contribution in [0.5, 0.6) is 5.75 Å². The van der Waals surface area contributed by atoms with E-state index in [-0.39, 0.29) is 11.2 Å². The van der Waals surface area contributed by atoms with Gasteiger partial charge in [-0.05, 0) is 30.0 Å². The molecule has 1 aromatic carbocycles. The number of benzene rings is 1. The fraction of sp³-hybridized carbons (Fsp3) is 0.650. The van der Waals surface area contributed by atoms with Crippen molar-refractivity contribution in [1.29, 1.82) is 0 Å². The zero-order valence-corrected chi connectivity index (χ0v) is 15.7. The number of nitrogens with zero attached hydrogens (tertiary/aromatic N) is 1. The van der Waals surface area contributed by atoms with Gasteiger partial charge < -0.3 is 15.0 Å². The molecule has 1 saturated heterocycles. The first-order valence-corrected chi connectivity index (χ1v) is 9.15.